The number of hydrogen-bond acceptors (Lipinski definition) is 13. The Hall–Kier alpha value is -1.27. The summed E-state index contributed by atoms with van der Waals surface area (Å²) in [5.41, 5.74) is 0. The van der Waals surface area contributed by atoms with Gasteiger partial charge in [0.15, 0.2) is 12.6 Å². The van der Waals surface area contributed by atoms with Crippen LogP contribution < -0.4 is 5.32 Å². The lowest BCUT2D eigenvalue weighted by atomic mass is 9.98. The molecule has 9 N–H and O–H groups in total. The summed E-state index contributed by atoms with van der Waals surface area (Å²) >= 11 is 0. The largest absolute Gasteiger partial charge is 0.394 e. The van der Waals surface area contributed by atoms with Gasteiger partial charge in [-0.05, 0) is 19.3 Å². The Morgan fingerprint density at radius 2 is 0.956 bits per heavy atom. The Balaban J connectivity index is 1.74. The maximum Gasteiger partial charge on any atom is 0.220 e. The number of nitrogens with one attached hydrogen (secondary N) is 1. The Kier molecular flexibility index (Phi) is 38.1. The molecule has 68 heavy (non-hydrogen) atoms. The maximum absolute atomic E-state index is 13.2. The highest BCUT2D eigenvalue weighted by atomic mass is 16.7. The van der Waals surface area contributed by atoms with Gasteiger partial charge in [0.05, 0.1) is 32.0 Å². The van der Waals surface area contributed by atoms with Crippen molar-refractivity contribution in [3.63, 3.8) is 0 Å². The van der Waals surface area contributed by atoms with E-state index in [4.69, 9.17) is 18.9 Å². The van der Waals surface area contributed by atoms with Crippen LogP contribution in [0, 0.1) is 0 Å². The Labute approximate surface area is 412 Å². The Bertz CT molecular complexity index is 1200. The fourth-order valence-corrected chi connectivity index (χ4v) is 9.37. The zero-order valence-electron chi connectivity index (χ0n) is 42.9. The van der Waals surface area contributed by atoms with Crippen LogP contribution in [0.15, 0.2) is 12.2 Å². The first kappa shape index (κ1) is 62.8. The van der Waals surface area contributed by atoms with Crippen LogP contribution in [0.3, 0.4) is 0 Å². The molecule has 2 fully saturated rings. The number of amides is 1. The Morgan fingerprint density at radius 3 is 1.41 bits per heavy atom. The van der Waals surface area contributed by atoms with Crippen molar-refractivity contribution in [1.29, 1.82) is 0 Å². The quantitative estimate of drug-likeness (QED) is 0.0207. The second-order valence-electron chi connectivity index (χ2n) is 20.1. The van der Waals surface area contributed by atoms with Crippen molar-refractivity contribution >= 4 is 5.91 Å². The number of unbranched alkanes of at least 4 members (excludes halogenated alkanes) is 31. The molecule has 2 unspecified atom stereocenters. The van der Waals surface area contributed by atoms with Crippen molar-refractivity contribution in [2.24, 2.45) is 0 Å². The number of rotatable bonds is 44. The molecule has 0 aromatic carbocycles. The fraction of sp³-hybridized carbons (Fsp3) is 0.944. The lowest BCUT2D eigenvalue weighted by Crippen LogP contribution is -2.62. The van der Waals surface area contributed by atoms with Gasteiger partial charge < -0.3 is 65.1 Å². The van der Waals surface area contributed by atoms with Crippen LogP contribution in [0.1, 0.15) is 232 Å². The van der Waals surface area contributed by atoms with E-state index in [9.17, 15) is 45.6 Å². The molecule has 2 aliphatic rings. The van der Waals surface area contributed by atoms with Crippen LogP contribution in [0.25, 0.3) is 0 Å². The second kappa shape index (κ2) is 41.2. The normalized spacial score (nSPS) is 26.4. The molecule has 0 aromatic heterocycles. The van der Waals surface area contributed by atoms with E-state index in [-0.39, 0.29) is 18.9 Å². The molecular weight excluding hydrogens is 871 g/mol. The number of carbonyl (C=O) groups excluding carboxylic acids is 1. The van der Waals surface area contributed by atoms with Crippen molar-refractivity contribution in [3.8, 4) is 0 Å². The summed E-state index contributed by atoms with van der Waals surface area (Å²) in [5.74, 6) is -0.236. The van der Waals surface area contributed by atoms with Crippen LogP contribution in [-0.2, 0) is 23.7 Å². The molecular formula is C54H103NO13. The Morgan fingerprint density at radius 1 is 0.529 bits per heavy atom. The standard InChI is InChI=1S/C54H103NO13/c1-3-5-7-9-11-13-15-17-18-19-20-21-22-23-24-26-28-30-32-34-36-38-46(58)55-42(43(57)37-35-33-31-29-27-25-16-14-12-10-8-6-4-2)40-65-52-50(62)48(60)45(67-53(52)64)41-66-54-51(63)49(61)47(59)44(39-56)68-54/h35,37,42-45,47-54,56-57,59-64H,3-34,36,38-41H2,1-2H3,(H,55,58)/b37-35+/t42?,43?,44-,45-,47+,48-,49+,50+,51-,52-,53+,54+/m1/s1. The van der Waals surface area contributed by atoms with E-state index < -0.39 is 86.8 Å². The lowest BCUT2D eigenvalue weighted by molar-refractivity contribution is -0.329. The summed E-state index contributed by atoms with van der Waals surface area (Å²) in [6, 6.07) is -0.908. The third-order valence-corrected chi connectivity index (χ3v) is 14.0. The zero-order chi connectivity index (χ0) is 49.6. The lowest BCUT2D eigenvalue weighted by Gasteiger charge is -2.43. The van der Waals surface area contributed by atoms with Crippen LogP contribution >= 0.6 is 0 Å². The van der Waals surface area contributed by atoms with Crippen LogP contribution in [0.2, 0.25) is 0 Å². The van der Waals surface area contributed by atoms with Crippen molar-refractivity contribution < 1.29 is 64.6 Å². The number of ether oxygens (including phenoxy) is 4. The molecule has 1 amide bonds. The van der Waals surface area contributed by atoms with Gasteiger partial charge in [-0.15, -0.1) is 0 Å². The summed E-state index contributed by atoms with van der Waals surface area (Å²) < 4.78 is 22.2. The second-order valence-corrected chi connectivity index (χ2v) is 20.1. The molecule has 2 saturated heterocycles. The highest BCUT2D eigenvalue weighted by Gasteiger charge is 2.48. The van der Waals surface area contributed by atoms with E-state index >= 15 is 0 Å². The molecule has 0 radical (unpaired) electrons. The number of hydrogen-bond donors (Lipinski definition) is 9. The number of allylic oxidation sites excluding steroid dienone is 1. The van der Waals surface area contributed by atoms with Crippen molar-refractivity contribution in [3.05, 3.63) is 12.2 Å². The molecule has 14 heteroatoms. The van der Waals surface area contributed by atoms with Gasteiger partial charge in [-0.3, -0.25) is 4.79 Å². The molecule has 0 bridgehead atoms. The van der Waals surface area contributed by atoms with Crippen LogP contribution in [-0.4, -0.2) is 140 Å². The minimum Gasteiger partial charge on any atom is -0.394 e. The summed E-state index contributed by atoms with van der Waals surface area (Å²) in [7, 11) is 0. The van der Waals surface area contributed by atoms with E-state index in [1.807, 2.05) is 6.08 Å². The van der Waals surface area contributed by atoms with E-state index in [0.29, 0.717) is 0 Å². The monoisotopic (exact) mass is 974 g/mol. The van der Waals surface area contributed by atoms with Gasteiger partial charge in [-0.2, -0.15) is 0 Å². The molecule has 2 heterocycles. The molecule has 2 aliphatic heterocycles. The molecule has 0 aromatic rings. The van der Waals surface area contributed by atoms with E-state index in [2.05, 4.69) is 19.2 Å². The van der Waals surface area contributed by atoms with Crippen LogP contribution in [0.5, 0.6) is 0 Å². The molecule has 12 atom stereocenters. The average Bonchev–Trinajstić information content (AvgIpc) is 3.33. The van der Waals surface area contributed by atoms with Gasteiger partial charge in [0.2, 0.25) is 5.91 Å². The third kappa shape index (κ3) is 28.1. The fourth-order valence-electron chi connectivity index (χ4n) is 9.37. The van der Waals surface area contributed by atoms with Gasteiger partial charge >= 0.3 is 0 Å². The summed E-state index contributed by atoms with van der Waals surface area (Å²) in [4.78, 5) is 13.2. The van der Waals surface area contributed by atoms with Gasteiger partial charge in [0.1, 0.15) is 48.8 Å². The van der Waals surface area contributed by atoms with Gasteiger partial charge in [-0.25, -0.2) is 0 Å². The van der Waals surface area contributed by atoms with Crippen LogP contribution in [0.4, 0.5) is 0 Å². The SMILES string of the molecule is CCCCCCCCCCCCC/C=C/C(O)C(CO[C@@H]1[C@@H](O)[C@H](O)[C@@H](CO[C@H]2O[C@H](CO)[C@H](O)[C@H](O)[C@H]2O)O[C@@H]1O)NC(=O)CCCCCCCCCCCCCCCCCCCCCCC. The number of carbonyl (C=O) groups is 1. The smallest absolute Gasteiger partial charge is 0.220 e. The highest BCUT2D eigenvalue weighted by Crippen LogP contribution is 2.27. The first-order valence-electron chi connectivity index (χ1n) is 27.9. The van der Waals surface area contributed by atoms with E-state index in [1.54, 1.807) is 6.08 Å². The molecule has 0 aliphatic carbocycles. The first-order valence-corrected chi connectivity index (χ1v) is 27.9. The van der Waals surface area contributed by atoms with Gasteiger partial charge in [-0.1, -0.05) is 219 Å². The summed E-state index contributed by atoms with van der Waals surface area (Å²) in [6.45, 7) is 3.05. The van der Waals surface area contributed by atoms with Crippen molar-refractivity contribution in [1.82, 2.24) is 5.32 Å². The first-order chi connectivity index (χ1) is 33.0. The summed E-state index contributed by atoms with van der Waals surface area (Å²) in [5, 5.41) is 86.8. The van der Waals surface area contributed by atoms with Crippen molar-refractivity contribution in [2.75, 3.05) is 19.8 Å². The van der Waals surface area contributed by atoms with Crippen molar-refractivity contribution in [2.45, 2.75) is 306 Å². The maximum atomic E-state index is 13.2. The predicted octanol–water partition coefficient (Wildman–Crippen LogP) is 8.33. The highest BCUT2D eigenvalue weighted by molar-refractivity contribution is 5.76. The molecule has 14 nitrogen and oxygen atoms in total. The third-order valence-electron chi connectivity index (χ3n) is 14.0. The molecule has 0 saturated carbocycles. The number of aliphatic hydroxyl groups is 8. The molecule has 2 rings (SSSR count). The predicted molar refractivity (Wildman–Crippen MR) is 268 cm³/mol. The average molecular weight is 974 g/mol. The van der Waals surface area contributed by atoms with Gasteiger partial charge in [0.25, 0.3) is 0 Å². The van der Waals surface area contributed by atoms with E-state index in [0.717, 1.165) is 44.9 Å². The zero-order valence-corrected chi connectivity index (χ0v) is 42.9. The van der Waals surface area contributed by atoms with Gasteiger partial charge in [0, 0.05) is 6.42 Å². The minimum atomic E-state index is -1.75. The topological polar surface area (TPSA) is 228 Å². The molecule has 402 valence electrons. The minimum absolute atomic E-state index is 0.236. The van der Waals surface area contributed by atoms with E-state index in [1.165, 1.54) is 167 Å². The summed E-state index contributed by atoms with van der Waals surface area (Å²) in [6.07, 6.45) is 28.6. The molecule has 0 spiro atoms. The number of aliphatic hydroxyl groups excluding tert-OH is 8.